The van der Waals surface area contributed by atoms with E-state index in [1.807, 2.05) is 6.92 Å². The monoisotopic (exact) mass is 466 g/mol. The Labute approximate surface area is 192 Å². The highest BCUT2D eigenvalue weighted by Gasteiger charge is 2.32. The average molecular weight is 467 g/mol. The lowest BCUT2D eigenvalue weighted by Gasteiger charge is -2.32. The van der Waals surface area contributed by atoms with E-state index in [1.54, 1.807) is 24.3 Å². The highest BCUT2D eigenvalue weighted by molar-refractivity contribution is 7.89. The number of benzene rings is 1. The van der Waals surface area contributed by atoms with Crippen LogP contribution in [0.25, 0.3) is 0 Å². The Morgan fingerprint density at radius 1 is 1.03 bits per heavy atom. The van der Waals surface area contributed by atoms with E-state index in [1.165, 1.54) is 4.31 Å². The number of likely N-dealkylation sites (N-methyl/N-ethyl adjacent to an activating group) is 1. The zero-order chi connectivity index (χ0) is 23.0. The zero-order valence-electron chi connectivity index (χ0n) is 19.5. The van der Waals surface area contributed by atoms with E-state index in [-0.39, 0.29) is 16.7 Å². The van der Waals surface area contributed by atoms with Gasteiger partial charge in [0.25, 0.3) is 0 Å². The maximum atomic E-state index is 12.9. The van der Waals surface area contributed by atoms with E-state index in [9.17, 15) is 13.2 Å². The van der Waals surface area contributed by atoms with Crippen LogP contribution in [0.15, 0.2) is 29.2 Å². The molecule has 0 saturated carbocycles. The number of piperidine rings is 1. The zero-order valence-corrected chi connectivity index (χ0v) is 20.3. The van der Waals surface area contributed by atoms with Crippen LogP contribution < -0.4 is 10.1 Å². The summed E-state index contributed by atoms with van der Waals surface area (Å²) < 4.78 is 32.7. The Morgan fingerprint density at radius 2 is 1.69 bits per heavy atom. The number of hydrogen-bond acceptors (Lipinski definition) is 6. The summed E-state index contributed by atoms with van der Waals surface area (Å²) in [4.78, 5) is 17.6. The highest BCUT2D eigenvalue weighted by Crippen LogP contribution is 2.25. The van der Waals surface area contributed by atoms with Crippen molar-refractivity contribution in [3.05, 3.63) is 24.3 Å². The van der Waals surface area contributed by atoms with Crippen LogP contribution in [0, 0.1) is 5.92 Å². The molecule has 0 bridgehead atoms. The third-order valence-corrected chi connectivity index (χ3v) is 8.31. The first-order valence-corrected chi connectivity index (χ1v) is 13.3. The number of unbranched alkanes of at least 4 members (excludes halogenated alkanes) is 1. The van der Waals surface area contributed by atoms with Gasteiger partial charge in [-0.25, -0.2) is 8.42 Å². The van der Waals surface area contributed by atoms with Gasteiger partial charge in [-0.3, -0.25) is 4.79 Å². The van der Waals surface area contributed by atoms with Gasteiger partial charge in [0.05, 0.1) is 11.5 Å². The van der Waals surface area contributed by atoms with Crippen molar-refractivity contribution in [3.8, 4) is 5.75 Å². The van der Waals surface area contributed by atoms with Crippen molar-refractivity contribution in [3.63, 3.8) is 0 Å². The number of rotatable bonds is 10. The van der Waals surface area contributed by atoms with E-state index in [0.29, 0.717) is 44.8 Å². The van der Waals surface area contributed by atoms with Crippen molar-refractivity contribution in [2.45, 2.75) is 37.5 Å². The molecule has 2 aliphatic rings. The van der Waals surface area contributed by atoms with Gasteiger partial charge < -0.3 is 19.9 Å². The first kappa shape index (κ1) is 25.0. The van der Waals surface area contributed by atoms with Crippen molar-refractivity contribution in [1.82, 2.24) is 19.4 Å². The molecule has 1 aromatic carbocycles. The van der Waals surface area contributed by atoms with Crippen LogP contribution in [-0.2, 0) is 14.8 Å². The molecule has 2 heterocycles. The SMILES string of the molecule is CCOc1ccc(S(=O)(=O)N2CCC(C(=O)NCCCCN3CCN(C)CC3)CC2)cc1. The lowest BCUT2D eigenvalue weighted by atomic mass is 9.97. The van der Waals surface area contributed by atoms with Crippen LogP contribution in [0.2, 0.25) is 0 Å². The van der Waals surface area contributed by atoms with E-state index >= 15 is 0 Å². The number of nitrogens with zero attached hydrogens (tertiary/aromatic N) is 3. The summed E-state index contributed by atoms with van der Waals surface area (Å²) in [5.74, 6) is 0.604. The van der Waals surface area contributed by atoms with E-state index < -0.39 is 10.0 Å². The topological polar surface area (TPSA) is 82.2 Å². The minimum absolute atomic E-state index is 0.0581. The number of sulfonamides is 1. The lowest BCUT2D eigenvalue weighted by Crippen LogP contribution is -2.45. The predicted octanol–water partition coefficient (Wildman–Crippen LogP) is 1.63. The molecule has 0 unspecified atom stereocenters. The number of piperazine rings is 1. The largest absolute Gasteiger partial charge is 0.494 e. The Kier molecular flexibility index (Phi) is 9.34. The number of carbonyl (C=O) groups excluding carboxylic acids is 1. The van der Waals surface area contributed by atoms with Gasteiger partial charge in [-0.05, 0) is 70.5 Å². The molecule has 32 heavy (non-hydrogen) atoms. The van der Waals surface area contributed by atoms with Crippen LogP contribution in [0.4, 0.5) is 0 Å². The minimum Gasteiger partial charge on any atom is -0.494 e. The van der Waals surface area contributed by atoms with Gasteiger partial charge in [0.15, 0.2) is 0 Å². The second kappa shape index (κ2) is 12.0. The quantitative estimate of drug-likeness (QED) is 0.528. The molecular weight excluding hydrogens is 428 g/mol. The Bertz CT molecular complexity index is 815. The third kappa shape index (κ3) is 6.91. The molecular formula is C23H38N4O4S. The van der Waals surface area contributed by atoms with Gasteiger partial charge in [-0.2, -0.15) is 4.31 Å². The molecule has 0 atom stereocenters. The fourth-order valence-electron chi connectivity index (χ4n) is 4.27. The summed E-state index contributed by atoms with van der Waals surface area (Å²) >= 11 is 0. The molecule has 3 rings (SSSR count). The summed E-state index contributed by atoms with van der Waals surface area (Å²) in [6, 6.07) is 6.53. The van der Waals surface area contributed by atoms with Gasteiger partial charge in [-0.1, -0.05) is 0 Å². The summed E-state index contributed by atoms with van der Waals surface area (Å²) in [5, 5.41) is 3.05. The van der Waals surface area contributed by atoms with E-state index in [2.05, 4.69) is 22.2 Å². The molecule has 0 aromatic heterocycles. The van der Waals surface area contributed by atoms with Crippen LogP contribution in [0.5, 0.6) is 5.75 Å². The number of hydrogen-bond donors (Lipinski definition) is 1. The van der Waals surface area contributed by atoms with Gasteiger partial charge in [-0.15, -0.1) is 0 Å². The van der Waals surface area contributed by atoms with Crippen molar-refractivity contribution >= 4 is 15.9 Å². The minimum atomic E-state index is -3.54. The Hall–Kier alpha value is -1.68. The molecule has 0 radical (unpaired) electrons. The van der Waals surface area contributed by atoms with Crippen LogP contribution >= 0.6 is 0 Å². The third-order valence-electron chi connectivity index (χ3n) is 6.39. The second-order valence-corrected chi connectivity index (χ2v) is 10.7. The summed E-state index contributed by atoms with van der Waals surface area (Å²) in [6.45, 7) is 9.46. The van der Waals surface area contributed by atoms with Crippen molar-refractivity contribution < 1.29 is 17.9 Å². The van der Waals surface area contributed by atoms with E-state index in [0.717, 1.165) is 45.6 Å². The molecule has 0 spiro atoms. The first-order valence-electron chi connectivity index (χ1n) is 11.8. The highest BCUT2D eigenvalue weighted by atomic mass is 32.2. The molecule has 1 N–H and O–H groups in total. The number of carbonyl (C=O) groups is 1. The lowest BCUT2D eigenvalue weighted by molar-refractivity contribution is -0.126. The van der Waals surface area contributed by atoms with Gasteiger partial charge >= 0.3 is 0 Å². The molecule has 180 valence electrons. The molecule has 1 aromatic rings. The first-order chi connectivity index (χ1) is 15.4. The molecule has 1 amide bonds. The summed E-state index contributed by atoms with van der Waals surface area (Å²) in [5.41, 5.74) is 0. The normalized spacial score (nSPS) is 19.7. The van der Waals surface area contributed by atoms with Crippen molar-refractivity contribution in [1.29, 1.82) is 0 Å². The van der Waals surface area contributed by atoms with Crippen LogP contribution in [0.1, 0.15) is 32.6 Å². The smallest absolute Gasteiger partial charge is 0.243 e. The fourth-order valence-corrected chi connectivity index (χ4v) is 5.74. The fraction of sp³-hybridized carbons (Fsp3) is 0.696. The van der Waals surface area contributed by atoms with Crippen LogP contribution in [-0.4, -0.2) is 94.4 Å². The van der Waals surface area contributed by atoms with Gasteiger partial charge in [0, 0.05) is 51.7 Å². The average Bonchev–Trinajstić information content (AvgIpc) is 2.80. The predicted molar refractivity (Wildman–Crippen MR) is 125 cm³/mol. The molecule has 8 nitrogen and oxygen atoms in total. The molecule has 2 saturated heterocycles. The number of nitrogens with one attached hydrogen (secondary N) is 1. The Morgan fingerprint density at radius 3 is 2.31 bits per heavy atom. The molecule has 0 aliphatic carbocycles. The number of ether oxygens (including phenoxy) is 1. The van der Waals surface area contributed by atoms with Crippen LogP contribution in [0.3, 0.4) is 0 Å². The molecule has 2 aliphatic heterocycles. The number of amides is 1. The standard InChI is InChI=1S/C23H38N4O4S/c1-3-31-21-6-8-22(9-7-21)32(29,30)27-14-10-20(11-15-27)23(28)24-12-4-5-13-26-18-16-25(2)17-19-26/h6-9,20H,3-5,10-19H2,1-2H3,(H,24,28). The molecule has 9 heteroatoms. The van der Waals surface area contributed by atoms with Gasteiger partial charge in [0.2, 0.25) is 15.9 Å². The van der Waals surface area contributed by atoms with E-state index in [4.69, 9.17) is 4.74 Å². The van der Waals surface area contributed by atoms with Crippen molar-refractivity contribution in [2.24, 2.45) is 5.92 Å². The maximum Gasteiger partial charge on any atom is 0.243 e. The van der Waals surface area contributed by atoms with Crippen molar-refractivity contribution in [2.75, 3.05) is 66.0 Å². The van der Waals surface area contributed by atoms with Gasteiger partial charge in [0.1, 0.15) is 5.75 Å². The second-order valence-electron chi connectivity index (χ2n) is 8.73. The summed E-state index contributed by atoms with van der Waals surface area (Å²) in [7, 11) is -1.38. The molecule has 2 fully saturated rings. The summed E-state index contributed by atoms with van der Waals surface area (Å²) in [6.07, 6.45) is 3.18. The Balaban J connectivity index is 1.35. The maximum absolute atomic E-state index is 12.9.